The fourth-order valence-electron chi connectivity index (χ4n) is 3.27. The van der Waals surface area contributed by atoms with Crippen LogP contribution in [0, 0.1) is 0 Å². The summed E-state index contributed by atoms with van der Waals surface area (Å²) in [5.41, 5.74) is -0.145. The number of amides is 2. The van der Waals surface area contributed by atoms with E-state index in [1.807, 2.05) is 0 Å². The lowest BCUT2D eigenvalue weighted by molar-refractivity contribution is -0.171. The molecule has 2 aromatic rings. The van der Waals surface area contributed by atoms with Crippen LogP contribution in [0.1, 0.15) is 40.0 Å². The molecule has 3 heterocycles. The zero-order valence-corrected chi connectivity index (χ0v) is 14.5. The molecule has 134 valence electrons. The Labute approximate surface area is 152 Å². The third kappa shape index (κ3) is 2.75. The fraction of sp³-hybridized carbons (Fsp3) is 0.375. The maximum Gasteiger partial charge on any atom is 0.335 e. The van der Waals surface area contributed by atoms with E-state index in [1.165, 1.54) is 18.5 Å². The molecular formula is C16H15N5O4S. The molecule has 10 heteroatoms. The van der Waals surface area contributed by atoms with E-state index in [2.05, 4.69) is 15.5 Å². The number of hydrogen-bond donors (Lipinski definition) is 0. The molecule has 26 heavy (non-hydrogen) atoms. The Kier molecular flexibility index (Phi) is 4.19. The van der Waals surface area contributed by atoms with Crippen LogP contribution in [0.4, 0.5) is 0 Å². The van der Waals surface area contributed by atoms with Gasteiger partial charge in [0, 0.05) is 0 Å². The van der Waals surface area contributed by atoms with E-state index in [-0.39, 0.29) is 17.5 Å². The van der Waals surface area contributed by atoms with Gasteiger partial charge in [-0.2, -0.15) is 11.8 Å². The number of nitrogens with zero attached hydrogens (tertiary/aromatic N) is 5. The Balaban J connectivity index is 1.52. The predicted molar refractivity (Wildman–Crippen MR) is 90.0 cm³/mol. The van der Waals surface area contributed by atoms with Crippen LogP contribution in [0.15, 0.2) is 30.6 Å². The minimum atomic E-state index is -0.665. The van der Waals surface area contributed by atoms with Crippen LogP contribution in [0.5, 0.6) is 0 Å². The molecule has 1 saturated heterocycles. The van der Waals surface area contributed by atoms with Crippen molar-refractivity contribution in [2.24, 2.45) is 0 Å². The fourth-order valence-corrected chi connectivity index (χ4v) is 4.52. The van der Waals surface area contributed by atoms with Crippen LogP contribution >= 0.6 is 11.8 Å². The molecule has 2 aliphatic heterocycles. The molecular weight excluding hydrogens is 358 g/mol. The zero-order valence-electron chi connectivity index (χ0n) is 13.7. The molecule has 1 fully saturated rings. The molecule has 2 aliphatic rings. The summed E-state index contributed by atoms with van der Waals surface area (Å²) >= 11 is 1.79. The quantitative estimate of drug-likeness (QED) is 0.732. The minimum Gasteiger partial charge on any atom is -0.330 e. The van der Waals surface area contributed by atoms with Crippen LogP contribution in [-0.2, 0) is 15.2 Å². The molecule has 4 rings (SSSR count). The average molecular weight is 373 g/mol. The van der Waals surface area contributed by atoms with E-state index < -0.39 is 23.3 Å². The van der Waals surface area contributed by atoms with E-state index >= 15 is 0 Å². The highest BCUT2D eigenvalue weighted by atomic mass is 32.2. The Hall–Kier alpha value is -2.75. The molecule has 1 aromatic carbocycles. The Morgan fingerprint density at radius 1 is 1.15 bits per heavy atom. The van der Waals surface area contributed by atoms with Gasteiger partial charge in [0.15, 0.2) is 0 Å². The van der Waals surface area contributed by atoms with Gasteiger partial charge in [-0.15, -0.1) is 5.10 Å². The van der Waals surface area contributed by atoms with Crippen molar-refractivity contribution < 1.29 is 19.2 Å². The van der Waals surface area contributed by atoms with Crippen molar-refractivity contribution in [3.05, 3.63) is 41.7 Å². The number of carbonyl (C=O) groups excluding carboxylic acids is 3. The predicted octanol–water partition coefficient (Wildman–Crippen LogP) is 1.04. The summed E-state index contributed by atoms with van der Waals surface area (Å²) < 4.78 is 1.58. The van der Waals surface area contributed by atoms with E-state index in [0.29, 0.717) is 17.9 Å². The van der Waals surface area contributed by atoms with Crippen LogP contribution in [-0.4, -0.2) is 54.6 Å². The van der Waals surface area contributed by atoms with Crippen molar-refractivity contribution in [1.82, 2.24) is 25.3 Å². The standard InChI is InChI=1S/C16H15N5O4S/c22-13(9-16(5-7-26-8-6-16)20-10-17-18-19-20)25-21-14(23)11-3-1-2-4-12(11)15(21)24/h1-4,10H,5-9H2. The van der Waals surface area contributed by atoms with Crippen molar-refractivity contribution in [2.45, 2.75) is 24.8 Å². The van der Waals surface area contributed by atoms with Gasteiger partial charge in [0.25, 0.3) is 11.8 Å². The second kappa shape index (κ2) is 6.52. The number of carbonyl (C=O) groups is 3. The summed E-state index contributed by atoms with van der Waals surface area (Å²) in [6.45, 7) is 0. The number of thioether (sulfide) groups is 1. The number of imide groups is 1. The maximum atomic E-state index is 12.6. The summed E-state index contributed by atoms with van der Waals surface area (Å²) in [6, 6.07) is 6.37. The van der Waals surface area contributed by atoms with Gasteiger partial charge < -0.3 is 4.84 Å². The van der Waals surface area contributed by atoms with Gasteiger partial charge in [-0.05, 0) is 46.9 Å². The van der Waals surface area contributed by atoms with Gasteiger partial charge in [0.05, 0.1) is 23.1 Å². The van der Waals surface area contributed by atoms with Crippen LogP contribution < -0.4 is 0 Å². The highest BCUT2D eigenvalue weighted by Crippen LogP contribution is 2.36. The molecule has 1 aromatic heterocycles. The lowest BCUT2D eigenvalue weighted by Crippen LogP contribution is -2.42. The van der Waals surface area contributed by atoms with Crippen molar-refractivity contribution in [2.75, 3.05) is 11.5 Å². The third-order valence-electron chi connectivity index (χ3n) is 4.68. The number of benzene rings is 1. The first-order valence-corrected chi connectivity index (χ1v) is 9.26. The lowest BCUT2D eigenvalue weighted by atomic mass is 9.89. The molecule has 9 nitrogen and oxygen atoms in total. The topological polar surface area (TPSA) is 107 Å². The molecule has 2 amide bonds. The first-order chi connectivity index (χ1) is 12.6. The molecule has 0 saturated carbocycles. The second-order valence-electron chi connectivity index (χ2n) is 6.18. The summed E-state index contributed by atoms with van der Waals surface area (Å²) in [4.78, 5) is 42.4. The lowest BCUT2D eigenvalue weighted by Gasteiger charge is -2.35. The van der Waals surface area contributed by atoms with Crippen molar-refractivity contribution >= 4 is 29.5 Å². The molecule has 0 bridgehead atoms. The molecule has 0 N–H and O–H groups in total. The Bertz CT molecular complexity index is 828. The molecule has 0 atom stereocenters. The molecule has 0 aliphatic carbocycles. The first-order valence-electron chi connectivity index (χ1n) is 8.11. The minimum absolute atomic E-state index is 0.0218. The molecule has 0 spiro atoms. The molecule has 0 unspecified atom stereocenters. The highest BCUT2D eigenvalue weighted by molar-refractivity contribution is 7.99. The third-order valence-corrected chi connectivity index (χ3v) is 5.67. The van der Waals surface area contributed by atoms with Gasteiger partial charge in [0.1, 0.15) is 6.33 Å². The van der Waals surface area contributed by atoms with Gasteiger partial charge in [0.2, 0.25) is 0 Å². The highest BCUT2D eigenvalue weighted by Gasteiger charge is 2.42. The second-order valence-corrected chi connectivity index (χ2v) is 7.41. The van der Waals surface area contributed by atoms with E-state index in [4.69, 9.17) is 4.84 Å². The van der Waals surface area contributed by atoms with E-state index in [1.54, 1.807) is 28.6 Å². The largest absolute Gasteiger partial charge is 0.335 e. The van der Waals surface area contributed by atoms with Crippen molar-refractivity contribution in [3.8, 4) is 0 Å². The summed E-state index contributed by atoms with van der Waals surface area (Å²) in [7, 11) is 0. The number of aromatic nitrogens is 4. The zero-order chi connectivity index (χ0) is 18.1. The smallest absolute Gasteiger partial charge is 0.330 e. The van der Waals surface area contributed by atoms with Gasteiger partial charge >= 0.3 is 5.97 Å². The Morgan fingerprint density at radius 2 is 1.81 bits per heavy atom. The number of fused-ring (bicyclic) bond motifs is 1. The van der Waals surface area contributed by atoms with Crippen LogP contribution in [0.25, 0.3) is 0 Å². The number of rotatable bonds is 4. The monoisotopic (exact) mass is 373 g/mol. The average Bonchev–Trinajstić information content (AvgIpc) is 3.28. The van der Waals surface area contributed by atoms with Crippen LogP contribution in [0.3, 0.4) is 0 Å². The first kappa shape index (κ1) is 16.7. The Morgan fingerprint density at radius 3 is 2.38 bits per heavy atom. The van der Waals surface area contributed by atoms with E-state index in [9.17, 15) is 14.4 Å². The van der Waals surface area contributed by atoms with Crippen LogP contribution in [0.2, 0.25) is 0 Å². The van der Waals surface area contributed by atoms with E-state index in [0.717, 1.165) is 11.5 Å². The van der Waals surface area contributed by atoms with Gasteiger partial charge in [-0.1, -0.05) is 17.2 Å². The number of tetrazole rings is 1. The van der Waals surface area contributed by atoms with Gasteiger partial charge in [-0.25, -0.2) is 9.48 Å². The van der Waals surface area contributed by atoms with Gasteiger partial charge in [-0.3, -0.25) is 9.59 Å². The molecule has 0 radical (unpaired) electrons. The van der Waals surface area contributed by atoms with Crippen molar-refractivity contribution in [1.29, 1.82) is 0 Å². The number of hydrogen-bond acceptors (Lipinski definition) is 8. The maximum absolute atomic E-state index is 12.6. The summed E-state index contributed by atoms with van der Waals surface area (Å²) in [6.07, 6.45) is 2.84. The normalized spacial score (nSPS) is 18.7. The summed E-state index contributed by atoms with van der Waals surface area (Å²) in [5.74, 6) is -0.202. The number of hydroxylamine groups is 2. The SMILES string of the molecule is O=C(CC1(n2cnnn2)CCSCC1)ON1C(=O)c2ccccc2C1=O. The summed E-state index contributed by atoms with van der Waals surface area (Å²) in [5, 5.41) is 11.8. The van der Waals surface area contributed by atoms with Crippen molar-refractivity contribution in [3.63, 3.8) is 0 Å².